The van der Waals surface area contributed by atoms with Crippen molar-refractivity contribution in [1.29, 1.82) is 0 Å². The zero-order valence-corrected chi connectivity index (χ0v) is 19.9. The molecular weight excluding hydrogens is 382 g/mol. The van der Waals surface area contributed by atoms with Gasteiger partial charge in [-0.05, 0) is 80.0 Å². The number of carbonyl (C=O) groups excluding carboxylic acids is 1. The van der Waals surface area contributed by atoms with E-state index in [0.29, 0.717) is 11.5 Å². The van der Waals surface area contributed by atoms with Crippen LogP contribution in [0.4, 0.5) is 0 Å². The zero-order chi connectivity index (χ0) is 21.4. The molecule has 0 aromatic carbocycles. The number of aromatic nitrogens is 2. The summed E-state index contributed by atoms with van der Waals surface area (Å²) in [4.78, 5) is 13.8. The summed E-state index contributed by atoms with van der Waals surface area (Å²) in [6.45, 7) is 7.29. The van der Waals surface area contributed by atoms with E-state index in [9.17, 15) is 4.79 Å². The van der Waals surface area contributed by atoms with E-state index < -0.39 is 0 Å². The van der Waals surface area contributed by atoms with Crippen molar-refractivity contribution in [3.05, 3.63) is 17.0 Å². The first-order chi connectivity index (χ1) is 14.9. The topological polar surface area (TPSA) is 46.9 Å². The number of amides is 1. The highest BCUT2D eigenvalue weighted by Crippen LogP contribution is 2.88. The van der Waals surface area contributed by atoms with Gasteiger partial charge in [-0.15, -0.1) is 0 Å². The quantitative estimate of drug-likeness (QED) is 0.649. The molecule has 1 aromatic heterocycles. The van der Waals surface area contributed by atoms with Crippen LogP contribution < -0.4 is 5.32 Å². The molecule has 4 unspecified atom stereocenters. The van der Waals surface area contributed by atoms with E-state index in [1.165, 1.54) is 88.3 Å². The fraction of sp³-hybridized carbons (Fsp3) is 0.852. The van der Waals surface area contributed by atoms with Gasteiger partial charge in [0.1, 0.15) is 0 Å². The maximum atomic E-state index is 13.8. The molecule has 4 atom stereocenters. The summed E-state index contributed by atoms with van der Waals surface area (Å²) in [5.41, 5.74) is 4.45. The number of carbonyl (C=O) groups is 1. The van der Waals surface area contributed by atoms with Gasteiger partial charge in [-0.3, -0.25) is 9.48 Å². The third-order valence-corrected chi connectivity index (χ3v) is 10.8. The summed E-state index contributed by atoms with van der Waals surface area (Å²) in [7, 11) is 0. The van der Waals surface area contributed by atoms with Crippen LogP contribution in [0, 0.1) is 22.2 Å². The first kappa shape index (κ1) is 20.3. The van der Waals surface area contributed by atoms with E-state index >= 15 is 0 Å². The lowest BCUT2D eigenvalue weighted by atomic mass is 9.41. The Morgan fingerprint density at radius 3 is 2.42 bits per heavy atom. The van der Waals surface area contributed by atoms with Crippen molar-refractivity contribution in [1.82, 2.24) is 15.1 Å². The van der Waals surface area contributed by atoms with Crippen molar-refractivity contribution >= 4 is 5.91 Å². The highest BCUT2D eigenvalue weighted by molar-refractivity contribution is 5.94. The fourth-order valence-electron chi connectivity index (χ4n) is 9.31. The molecule has 4 nitrogen and oxygen atoms in total. The molecule has 6 rings (SSSR count). The van der Waals surface area contributed by atoms with Gasteiger partial charge in [0.05, 0.1) is 6.04 Å². The molecular formula is C27H41N3O. The van der Waals surface area contributed by atoms with E-state index in [2.05, 4.69) is 30.8 Å². The van der Waals surface area contributed by atoms with E-state index in [1.54, 1.807) is 0 Å². The lowest BCUT2D eigenvalue weighted by Gasteiger charge is -2.66. The maximum absolute atomic E-state index is 13.8. The van der Waals surface area contributed by atoms with Gasteiger partial charge >= 0.3 is 0 Å². The number of rotatable bonds is 3. The molecule has 0 radical (unpaired) electrons. The minimum atomic E-state index is 0.115. The average molecular weight is 424 g/mol. The summed E-state index contributed by atoms with van der Waals surface area (Å²) in [6.07, 6.45) is 17.6. The minimum absolute atomic E-state index is 0.115. The lowest BCUT2D eigenvalue weighted by Crippen LogP contribution is -2.71. The summed E-state index contributed by atoms with van der Waals surface area (Å²) in [5.74, 6) is 1.02. The van der Waals surface area contributed by atoms with Crippen molar-refractivity contribution in [2.45, 2.75) is 123 Å². The Morgan fingerprint density at radius 1 is 0.968 bits per heavy atom. The summed E-state index contributed by atoms with van der Waals surface area (Å²) < 4.78 is 2.33. The van der Waals surface area contributed by atoms with Gasteiger partial charge in [0, 0.05) is 17.3 Å². The van der Waals surface area contributed by atoms with Gasteiger partial charge in [-0.2, -0.15) is 5.10 Å². The molecule has 0 saturated heterocycles. The number of hydrogen-bond acceptors (Lipinski definition) is 2. The second kappa shape index (κ2) is 6.84. The fourth-order valence-corrected chi connectivity index (χ4v) is 9.31. The van der Waals surface area contributed by atoms with Gasteiger partial charge in [0.2, 0.25) is 0 Å². The Balaban J connectivity index is 1.31. The van der Waals surface area contributed by atoms with Gasteiger partial charge in [0.25, 0.3) is 5.91 Å². The normalized spacial score (nSPS) is 38.8. The standard InChI is InChI=1S/C27H41N3O/c1-25(2)24(26(3)16-15-18-17-27(18,25)26)28-23(31)22-20-13-9-4-5-10-14-21(20)30(29-22)19-11-7-6-8-12-19/h18-19,24H,4-17H2,1-3H3,(H,28,31). The first-order valence-corrected chi connectivity index (χ1v) is 13.3. The number of nitrogens with zero attached hydrogens (tertiary/aromatic N) is 2. The van der Waals surface area contributed by atoms with Crippen molar-refractivity contribution in [2.24, 2.45) is 22.2 Å². The summed E-state index contributed by atoms with van der Waals surface area (Å²) in [5, 5.41) is 8.67. The van der Waals surface area contributed by atoms with Gasteiger partial charge < -0.3 is 5.32 Å². The van der Waals surface area contributed by atoms with Crippen LogP contribution in [0.25, 0.3) is 0 Å². The first-order valence-electron chi connectivity index (χ1n) is 13.3. The molecule has 1 N–H and O–H groups in total. The van der Waals surface area contributed by atoms with Crippen LogP contribution in [-0.2, 0) is 12.8 Å². The second-order valence-electron chi connectivity index (χ2n) is 12.4. The lowest BCUT2D eigenvalue weighted by molar-refractivity contribution is -0.147. The molecule has 1 heterocycles. The molecule has 0 bridgehead atoms. The van der Waals surface area contributed by atoms with Crippen LogP contribution in [-0.4, -0.2) is 21.7 Å². The Hall–Kier alpha value is -1.32. The average Bonchev–Trinajstić information content (AvgIpc) is 3.35. The third-order valence-electron chi connectivity index (χ3n) is 10.8. The Morgan fingerprint density at radius 2 is 1.68 bits per heavy atom. The van der Waals surface area contributed by atoms with Crippen LogP contribution in [0.3, 0.4) is 0 Å². The van der Waals surface area contributed by atoms with Gasteiger partial charge in [-0.25, -0.2) is 0 Å². The molecule has 170 valence electrons. The molecule has 5 aliphatic carbocycles. The third kappa shape index (κ3) is 2.60. The van der Waals surface area contributed by atoms with E-state index in [0.717, 1.165) is 24.5 Å². The van der Waals surface area contributed by atoms with E-state index in [4.69, 9.17) is 5.10 Å². The largest absolute Gasteiger partial charge is 0.347 e. The monoisotopic (exact) mass is 423 g/mol. The van der Waals surface area contributed by atoms with Gasteiger partial charge in [0.15, 0.2) is 5.69 Å². The molecule has 4 fully saturated rings. The number of hydrogen-bond donors (Lipinski definition) is 1. The molecule has 1 amide bonds. The smallest absolute Gasteiger partial charge is 0.272 e. The minimum Gasteiger partial charge on any atom is -0.347 e. The van der Waals surface area contributed by atoms with E-state index in [1.807, 2.05) is 0 Å². The van der Waals surface area contributed by atoms with Gasteiger partial charge in [-0.1, -0.05) is 52.9 Å². The van der Waals surface area contributed by atoms with Crippen molar-refractivity contribution in [3.8, 4) is 0 Å². The second-order valence-corrected chi connectivity index (χ2v) is 12.4. The SMILES string of the molecule is CC1(C)C(NC(=O)c2nn(C3CCCCC3)c3c2CCCCCC3)C2(C)CCC3CC312. The van der Waals surface area contributed by atoms with Crippen molar-refractivity contribution in [3.63, 3.8) is 0 Å². The molecule has 31 heavy (non-hydrogen) atoms. The molecule has 1 spiro atoms. The Kier molecular flexibility index (Phi) is 4.48. The Labute approximate surface area is 187 Å². The van der Waals surface area contributed by atoms with E-state index in [-0.39, 0.29) is 22.8 Å². The van der Waals surface area contributed by atoms with Crippen LogP contribution in [0.5, 0.6) is 0 Å². The number of nitrogens with one attached hydrogen (secondary N) is 1. The van der Waals surface area contributed by atoms with Crippen LogP contribution in [0.15, 0.2) is 0 Å². The van der Waals surface area contributed by atoms with Crippen LogP contribution in [0.1, 0.15) is 126 Å². The van der Waals surface area contributed by atoms with Crippen LogP contribution >= 0.6 is 0 Å². The highest BCUT2D eigenvalue weighted by atomic mass is 16.2. The predicted molar refractivity (Wildman–Crippen MR) is 123 cm³/mol. The molecule has 4 heteroatoms. The molecule has 4 saturated carbocycles. The highest BCUT2D eigenvalue weighted by Gasteiger charge is 2.85. The summed E-state index contributed by atoms with van der Waals surface area (Å²) >= 11 is 0. The predicted octanol–water partition coefficient (Wildman–Crippen LogP) is 5.99. The van der Waals surface area contributed by atoms with Crippen molar-refractivity contribution < 1.29 is 4.79 Å². The molecule has 1 aromatic rings. The number of fused-ring (bicyclic) bond motifs is 1. The van der Waals surface area contributed by atoms with Crippen molar-refractivity contribution in [2.75, 3.05) is 0 Å². The Bertz CT molecular complexity index is 895. The maximum Gasteiger partial charge on any atom is 0.272 e. The molecule has 0 aliphatic heterocycles. The van der Waals surface area contributed by atoms with Crippen LogP contribution in [0.2, 0.25) is 0 Å². The molecule has 5 aliphatic rings. The zero-order valence-electron chi connectivity index (χ0n) is 19.9. The summed E-state index contributed by atoms with van der Waals surface area (Å²) in [6, 6.07) is 0.787.